The lowest BCUT2D eigenvalue weighted by molar-refractivity contribution is -0.114. The van der Waals surface area contributed by atoms with Crippen molar-refractivity contribution in [1.82, 2.24) is 5.32 Å². The van der Waals surface area contributed by atoms with Gasteiger partial charge in [-0.15, -0.1) is 0 Å². The van der Waals surface area contributed by atoms with Gasteiger partial charge in [-0.25, -0.2) is 0 Å². The molecule has 2 N–H and O–H groups in total. The summed E-state index contributed by atoms with van der Waals surface area (Å²) < 4.78 is 5.73. The SMILES string of the molecule is CCCNCC(C)COc1cccc(NC(C)=O)c1. The first-order valence-electron chi connectivity index (χ1n) is 6.83. The van der Waals surface area contributed by atoms with Crippen molar-refractivity contribution < 1.29 is 9.53 Å². The Morgan fingerprint density at radius 3 is 2.89 bits per heavy atom. The second kappa shape index (κ2) is 8.53. The van der Waals surface area contributed by atoms with Crippen LogP contribution in [0.3, 0.4) is 0 Å². The molecule has 0 saturated heterocycles. The number of hydrogen-bond acceptors (Lipinski definition) is 3. The van der Waals surface area contributed by atoms with Gasteiger partial charge in [0.1, 0.15) is 5.75 Å². The van der Waals surface area contributed by atoms with Gasteiger partial charge in [0.25, 0.3) is 0 Å². The molecule has 1 amide bonds. The molecule has 19 heavy (non-hydrogen) atoms. The fourth-order valence-corrected chi connectivity index (χ4v) is 1.69. The number of benzene rings is 1. The minimum Gasteiger partial charge on any atom is -0.493 e. The second-order valence-electron chi connectivity index (χ2n) is 4.83. The molecule has 0 spiro atoms. The molecule has 0 aliphatic heterocycles. The third kappa shape index (κ3) is 6.82. The molecule has 1 aromatic carbocycles. The molecule has 0 aromatic heterocycles. The van der Waals surface area contributed by atoms with Crippen molar-refractivity contribution >= 4 is 11.6 Å². The molecular weight excluding hydrogens is 240 g/mol. The van der Waals surface area contributed by atoms with Crippen molar-refractivity contribution in [2.24, 2.45) is 5.92 Å². The smallest absolute Gasteiger partial charge is 0.221 e. The summed E-state index contributed by atoms with van der Waals surface area (Å²) in [6.45, 7) is 8.47. The quantitative estimate of drug-likeness (QED) is 0.710. The van der Waals surface area contributed by atoms with E-state index >= 15 is 0 Å². The number of carbonyl (C=O) groups excluding carboxylic acids is 1. The number of nitrogens with one attached hydrogen (secondary N) is 2. The van der Waals surface area contributed by atoms with Crippen molar-refractivity contribution in [3.8, 4) is 5.75 Å². The van der Waals surface area contributed by atoms with Gasteiger partial charge in [-0.3, -0.25) is 4.79 Å². The van der Waals surface area contributed by atoms with Crippen LogP contribution in [0.15, 0.2) is 24.3 Å². The van der Waals surface area contributed by atoms with Crippen LogP contribution in [0.1, 0.15) is 27.2 Å². The van der Waals surface area contributed by atoms with Crippen molar-refractivity contribution in [3.05, 3.63) is 24.3 Å². The van der Waals surface area contributed by atoms with E-state index in [-0.39, 0.29) is 5.91 Å². The molecule has 1 unspecified atom stereocenters. The second-order valence-corrected chi connectivity index (χ2v) is 4.83. The number of hydrogen-bond donors (Lipinski definition) is 2. The molecule has 0 bridgehead atoms. The first-order valence-corrected chi connectivity index (χ1v) is 6.83. The summed E-state index contributed by atoms with van der Waals surface area (Å²) in [7, 11) is 0. The molecule has 0 heterocycles. The number of amides is 1. The highest BCUT2D eigenvalue weighted by Gasteiger charge is 2.04. The fourth-order valence-electron chi connectivity index (χ4n) is 1.69. The van der Waals surface area contributed by atoms with E-state index in [0.717, 1.165) is 30.9 Å². The molecule has 0 fully saturated rings. The normalized spacial score (nSPS) is 11.9. The van der Waals surface area contributed by atoms with Crippen molar-refractivity contribution in [1.29, 1.82) is 0 Å². The van der Waals surface area contributed by atoms with Crippen LogP contribution >= 0.6 is 0 Å². The first kappa shape index (κ1) is 15.5. The summed E-state index contributed by atoms with van der Waals surface area (Å²) in [4.78, 5) is 11.0. The summed E-state index contributed by atoms with van der Waals surface area (Å²) in [5.74, 6) is 1.17. The molecule has 4 nitrogen and oxygen atoms in total. The molecule has 106 valence electrons. The molecule has 1 aromatic rings. The van der Waals surface area contributed by atoms with Crippen LogP contribution in [0.2, 0.25) is 0 Å². The van der Waals surface area contributed by atoms with Crippen LogP contribution in [0.25, 0.3) is 0 Å². The zero-order chi connectivity index (χ0) is 14.1. The minimum atomic E-state index is -0.0747. The van der Waals surface area contributed by atoms with E-state index in [9.17, 15) is 4.79 Å². The monoisotopic (exact) mass is 264 g/mol. The van der Waals surface area contributed by atoms with Crippen LogP contribution in [0.5, 0.6) is 5.75 Å². The van der Waals surface area contributed by atoms with Gasteiger partial charge in [0, 0.05) is 31.1 Å². The third-order valence-corrected chi connectivity index (χ3v) is 2.61. The summed E-state index contributed by atoms with van der Waals surface area (Å²) in [5.41, 5.74) is 0.766. The Morgan fingerprint density at radius 2 is 2.21 bits per heavy atom. The van der Waals surface area contributed by atoms with E-state index in [1.165, 1.54) is 6.92 Å². The van der Waals surface area contributed by atoms with E-state index in [4.69, 9.17) is 4.74 Å². The Hall–Kier alpha value is -1.55. The Morgan fingerprint density at radius 1 is 1.42 bits per heavy atom. The number of ether oxygens (including phenoxy) is 1. The van der Waals surface area contributed by atoms with Gasteiger partial charge in [-0.05, 0) is 25.1 Å². The van der Waals surface area contributed by atoms with Gasteiger partial charge < -0.3 is 15.4 Å². The van der Waals surface area contributed by atoms with E-state index in [2.05, 4.69) is 24.5 Å². The third-order valence-electron chi connectivity index (χ3n) is 2.61. The Labute approximate surface area is 115 Å². The standard InChI is InChI=1S/C15H24N2O2/c1-4-8-16-10-12(2)11-19-15-7-5-6-14(9-15)17-13(3)18/h5-7,9,12,16H,4,8,10-11H2,1-3H3,(H,17,18). The van der Waals surface area contributed by atoms with Crippen LogP contribution in [-0.4, -0.2) is 25.6 Å². The Balaban J connectivity index is 2.37. The Bertz CT molecular complexity index is 393. The summed E-state index contributed by atoms with van der Waals surface area (Å²) in [6, 6.07) is 7.46. The zero-order valence-electron chi connectivity index (χ0n) is 12.0. The van der Waals surface area contributed by atoms with Gasteiger partial charge in [0.05, 0.1) is 6.61 Å². The molecule has 0 aliphatic carbocycles. The van der Waals surface area contributed by atoms with Crippen LogP contribution in [-0.2, 0) is 4.79 Å². The maximum atomic E-state index is 11.0. The van der Waals surface area contributed by atoms with Crippen LogP contribution in [0.4, 0.5) is 5.69 Å². The highest BCUT2D eigenvalue weighted by Crippen LogP contribution is 2.17. The molecule has 0 radical (unpaired) electrons. The summed E-state index contributed by atoms with van der Waals surface area (Å²) in [6.07, 6.45) is 1.15. The lowest BCUT2D eigenvalue weighted by Gasteiger charge is -2.14. The molecule has 1 rings (SSSR count). The van der Waals surface area contributed by atoms with Gasteiger partial charge in [0.15, 0.2) is 0 Å². The van der Waals surface area contributed by atoms with Crippen molar-refractivity contribution in [2.75, 3.05) is 25.0 Å². The largest absolute Gasteiger partial charge is 0.493 e. The maximum absolute atomic E-state index is 11.0. The van der Waals surface area contributed by atoms with Crippen LogP contribution in [0, 0.1) is 5.92 Å². The van der Waals surface area contributed by atoms with Crippen molar-refractivity contribution in [3.63, 3.8) is 0 Å². The predicted molar refractivity (Wildman–Crippen MR) is 78.6 cm³/mol. The topological polar surface area (TPSA) is 50.4 Å². The summed E-state index contributed by atoms with van der Waals surface area (Å²) in [5, 5.41) is 6.12. The molecular formula is C15H24N2O2. The molecule has 4 heteroatoms. The van der Waals surface area contributed by atoms with Crippen LogP contribution < -0.4 is 15.4 Å². The number of rotatable bonds is 8. The minimum absolute atomic E-state index is 0.0747. The molecule has 0 saturated carbocycles. The highest BCUT2D eigenvalue weighted by molar-refractivity contribution is 5.88. The van der Waals surface area contributed by atoms with E-state index in [1.807, 2.05) is 24.3 Å². The van der Waals surface area contributed by atoms with E-state index in [1.54, 1.807) is 0 Å². The molecule has 0 aliphatic rings. The predicted octanol–water partition coefficient (Wildman–Crippen LogP) is 2.66. The lowest BCUT2D eigenvalue weighted by Crippen LogP contribution is -2.25. The maximum Gasteiger partial charge on any atom is 0.221 e. The van der Waals surface area contributed by atoms with Gasteiger partial charge in [-0.1, -0.05) is 19.9 Å². The average molecular weight is 264 g/mol. The number of carbonyl (C=O) groups is 1. The summed E-state index contributed by atoms with van der Waals surface area (Å²) >= 11 is 0. The highest BCUT2D eigenvalue weighted by atomic mass is 16.5. The number of anilines is 1. The average Bonchev–Trinajstić information content (AvgIpc) is 2.36. The van der Waals surface area contributed by atoms with E-state index in [0.29, 0.717) is 12.5 Å². The Kier molecular flexibility index (Phi) is 6.97. The van der Waals surface area contributed by atoms with Gasteiger partial charge in [0.2, 0.25) is 5.91 Å². The zero-order valence-corrected chi connectivity index (χ0v) is 12.0. The first-order chi connectivity index (χ1) is 9.11. The lowest BCUT2D eigenvalue weighted by atomic mass is 10.2. The molecule has 1 atom stereocenters. The van der Waals surface area contributed by atoms with E-state index < -0.39 is 0 Å². The fraction of sp³-hybridized carbons (Fsp3) is 0.533. The van der Waals surface area contributed by atoms with Gasteiger partial charge >= 0.3 is 0 Å². The van der Waals surface area contributed by atoms with Crippen molar-refractivity contribution in [2.45, 2.75) is 27.2 Å². The van der Waals surface area contributed by atoms with Gasteiger partial charge in [-0.2, -0.15) is 0 Å².